The molecular formula is C40H68I3N2O12V. The Labute approximate surface area is 384 Å². The van der Waals surface area contributed by atoms with E-state index in [1.807, 2.05) is 0 Å². The molecule has 4 heterocycles. The van der Waals surface area contributed by atoms with Crippen molar-refractivity contribution in [1.29, 1.82) is 0 Å². The number of esters is 3. The van der Waals surface area contributed by atoms with Crippen molar-refractivity contribution in [2.45, 2.75) is 154 Å². The van der Waals surface area contributed by atoms with Crippen molar-refractivity contribution >= 4 is 83.6 Å². The SMILES string of the molecule is COCC1OCC2(CO1)COC(COC(=O)CC(CC(CC(C)=O)C(=O)OC1CC(C)(C)N(C)C(C)(C)C1)C(=O)OC1CC(C)(C)N(C)C(C)(C)C1)OC2.[I][V]([I])[I]. The molecule has 0 aromatic heterocycles. The maximum absolute atomic E-state index is 14.1. The molecule has 58 heavy (non-hydrogen) atoms. The molecule has 4 aliphatic heterocycles. The van der Waals surface area contributed by atoms with Gasteiger partial charge in [0.1, 0.15) is 24.6 Å². The van der Waals surface area contributed by atoms with Crippen molar-refractivity contribution < 1.29 is 62.0 Å². The van der Waals surface area contributed by atoms with Crippen LogP contribution in [0.15, 0.2) is 0 Å². The van der Waals surface area contributed by atoms with E-state index < -0.39 is 53.8 Å². The second kappa shape index (κ2) is 22.5. The van der Waals surface area contributed by atoms with Gasteiger partial charge in [-0.25, -0.2) is 0 Å². The van der Waals surface area contributed by atoms with Gasteiger partial charge < -0.3 is 42.7 Å². The average Bonchev–Trinajstić information content (AvgIpc) is 3.09. The fourth-order valence-corrected chi connectivity index (χ4v) is 8.64. The van der Waals surface area contributed by atoms with Gasteiger partial charge >= 0.3 is 82.8 Å². The first-order valence-corrected chi connectivity index (χ1v) is 33.5. The predicted molar refractivity (Wildman–Crippen MR) is 240 cm³/mol. The summed E-state index contributed by atoms with van der Waals surface area (Å²) in [6, 6.07) is 0. The number of likely N-dealkylation sites (tertiary alicyclic amines) is 2. The van der Waals surface area contributed by atoms with Crippen LogP contribution >= 0.6 is 59.9 Å². The molecule has 0 aliphatic carbocycles. The van der Waals surface area contributed by atoms with Crippen molar-refractivity contribution in [3.63, 3.8) is 0 Å². The summed E-state index contributed by atoms with van der Waals surface area (Å²) in [5.41, 5.74) is -1.44. The quantitative estimate of drug-likeness (QED) is 0.100. The number of carbonyl (C=O) groups excluding carboxylic acids is 4. The van der Waals surface area contributed by atoms with E-state index in [4.69, 9.17) is 37.9 Å². The standard InChI is InChI=1S/C40H68N2O12.3HI.V/c1-26(43)13-27(34(45)53-29-16-36(2,3)41(10)37(4,5)17-29)14-28(35(46)54-30-18-38(6,7)42(11)39(8,9)19-30)15-31(44)48-21-33-51-24-40(25-52-33)22-49-32(20-47-12)50-23-40;;;;/h27-30,32-33H,13-25H2,1-12H3;3*1H;/q;;;;+3/p-3. The molecule has 0 aromatic rings. The second-order valence-electron chi connectivity index (χ2n) is 19.0. The third kappa shape index (κ3) is 16.0. The van der Waals surface area contributed by atoms with Crippen LogP contribution in [0.4, 0.5) is 0 Å². The van der Waals surface area contributed by atoms with Crippen LogP contribution in [-0.2, 0) is 62.0 Å². The zero-order chi connectivity index (χ0) is 43.9. The van der Waals surface area contributed by atoms with E-state index in [0.29, 0.717) is 45.5 Å². The molecule has 18 heteroatoms. The van der Waals surface area contributed by atoms with E-state index in [0.717, 1.165) is 0 Å². The molecule has 336 valence electrons. The third-order valence-corrected chi connectivity index (χ3v) is 12.3. The zero-order valence-corrected chi connectivity index (χ0v) is 44.4. The summed E-state index contributed by atoms with van der Waals surface area (Å²) >= 11 is 7.39. The Balaban J connectivity index is 0.00000215. The number of rotatable bonds is 14. The monoisotopic (exact) mass is 1200 g/mol. The number of hydrogen-bond donors (Lipinski definition) is 0. The Morgan fingerprint density at radius 1 is 0.655 bits per heavy atom. The summed E-state index contributed by atoms with van der Waals surface area (Å²) in [5, 5.41) is 0. The number of Topliss-reactive ketones (excluding diaryl/α,β-unsaturated/α-hetero) is 1. The molecule has 0 aromatic carbocycles. The van der Waals surface area contributed by atoms with Gasteiger partial charge in [0.15, 0.2) is 12.6 Å². The fourth-order valence-electron chi connectivity index (χ4n) is 8.64. The molecule has 1 spiro atoms. The molecule has 2 atom stereocenters. The normalized spacial score (nSPS) is 28.5. The van der Waals surface area contributed by atoms with Gasteiger partial charge in [-0.2, -0.15) is 0 Å². The number of nitrogens with zero attached hydrogens (tertiary/aromatic N) is 2. The first-order chi connectivity index (χ1) is 26.7. The van der Waals surface area contributed by atoms with Crippen LogP contribution in [0.2, 0.25) is 0 Å². The Hall–Kier alpha value is 0.574. The third-order valence-electron chi connectivity index (χ3n) is 12.3. The van der Waals surface area contributed by atoms with Crippen molar-refractivity contribution in [2.24, 2.45) is 17.3 Å². The van der Waals surface area contributed by atoms with Gasteiger partial charge in [-0.3, -0.25) is 24.2 Å². The number of ketones is 1. The van der Waals surface area contributed by atoms with Crippen LogP contribution in [0.3, 0.4) is 0 Å². The fraction of sp³-hybridized carbons (Fsp3) is 0.900. The van der Waals surface area contributed by atoms with Crippen LogP contribution in [0.5, 0.6) is 0 Å². The Morgan fingerprint density at radius 3 is 1.34 bits per heavy atom. The van der Waals surface area contributed by atoms with E-state index in [9.17, 15) is 19.2 Å². The van der Waals surface area contributed by atoms with E-state index in [1.54, 1.807) is 7.11 Å². The molecule has 0 saturated carbocycles. The number of halogens is 3. The molecule has 4 saturated heterocycles. The Morgan fingerprint density at radius 2 is 1.00 bits per heavy atom. The number of carbonyl (C=O) groups is 4. The average molecular weight is 1200 g/mol. The van der Waals surface area contributed by atoms with Crippen molar-refractivity contribution in [2.75, 3.05) is 60.8 Å². The van der Waals surface area contributed by atoms with Gasteiger partial charge in [-0.1, -0.05) is 0 Å². The Bertz CT molecular complexity index is 1350. The van der Waals surface area contributed by atoms with Gasteiger partial charge in [0.2, 0.25) is 0 Å². The number of methoxy groups -OCH3 is 1. The van der Waals surface area contributed by atoms with Crippen LogP contribution in [0.1, 0.15) is 107 Å². The van der Waals surface area contributed by atoms with Crippen molar-refractivity contribution in [3.05, 3.63) is 0 Å². The molecule has 4 rings (SSSR count). The molecule has 14 nitrogen and oxygen atoms in total. The van der Waals surface area contributed by atoms with Gasteiger partial charge in [-0.05, 0) is 82.8 Å². The van der Waals surface area contributed by atoms with Crippen LogP contribution in [-0.4, -0.2) is 141 Å². The Kier molecular flexibility index (Phi) is 20.5. The number of hydrogen-bond acceptors (Lipinski definition) is 14. The predicted octanol–water partition coefficient (Wildman–Crippen LogP) is 6.94. The molecule has 0 radical (unpaired) electrons. The van der Waals surface area contributed by atoms with E-state index >= 15 is 0 Å². The van der Waals surface area contributed by atoms with Gasteiger partial charge in [0.25, 0.3) is 0 Å². The molecule has 4 aliphatic rings. The molecule has 0 bridgehead atoms. The van der Waals surface area contributed by atoms with Crippen LogP contribution in [0, 0.1) is 17.3 Å². The van der Waals surface area contributed by atoms with Crippen LogP contribution in [0.25, 0.3) is 0 Å². The van der Waals surface area contributed by atoms with E-state index in [2.05, 4.69) is 139 Å². The number of piperidine rings is 2. The topological polar surface area (TPSA) is 149 Å². The van der Waals surface area contributed by atoms with Crippen molar-refractivity contribution in [3.8, 4) is 0 Å². The summed E-state index contributed by atoms with van der Waals surface area (Å²) < 4.78 is 46.2. The van der Waals surface area contributed by atoms with E-state index in [-0.39, 0.29) is 78.0 Å². The van der Waals surface area contributed by atoms with Gasteiger partial charge in [0.05, 0.1) is 56.7 Å². The molecule has 2 unspecified atom stereocenters. The minimum atomic E-state index is -1.06. The summed E-state index contributed by atoms with van der Waals surface area (Å²) in [6.07, 6.45) is -0.200. The van der Waals surface area contributed by atoms with Crippen molar-refractivity contribution in [1.82, 2.24) is 9.80 Å². The van der Waals surface area contributed by atoms with Gasteiger partial charge in [-0.15, -0.1) is 0 Å². The number of ether oxygens (including phenoxy) is 8. The van der Waals surface area contributed by atoms with E-state index in [1.165, 1.54) is 6.92 Å². The maximum atomic E-state index is 14.1. The minimum absolute atomic E-state index is 0.103. The first-order valence-electron chi connectivity index (χ1n) is 20.0. The molecule has 4 fully saturated rings. The van der Waals surface area contributed by atoms with Crippen LogP contribution < -0.4 is 0 Å². The molecule has 0 N–H and O–H groups in total. The zero-order valence-electron chi connectivity index (χ0n) is 36.5. The molecule has 0 amide bonds. The molecular weight excluding hydrogens is 1130 g/mol. The van der Waals surface area contributed by atoms with Gasteiger partial charge in [0, 0.05) is 61.4 Å². The summed E-state index contributed by atoms with van der Waals surface area (Å²) in [5.74, 6) is -4.06. The first kappa shape index (κ1) is 52.9. The summed E-state index contributed by atoms with van der Waals surface area (Å²) in [6.45, 7) is 19.8. The second-order valence-corrected chi connectivity index (χ2v) is 54.3. The summed E-state index contributed by atoms with van der Waals surface area (Å²) in [4.78, 5) is 58.2. The summed E-state index contributed by atoms with van der Waals surface area (Å²) in [7, 11) is 5.71.